The Balaban J connectivity index is 2.22. The van der Waals surface area contributed by atoms with Crippen LogP contribution in [0.15, 0.2) is 30.3 Å². The molecule has 2 N–H and O–H groups in total. The fourth-order valence-corrected chi connectivity index (χ4v) is 2.69. The van der Waals surface area contributed by atoms with E-state index >= 15 is 0 Å². The highest BCUT2D eigenvalue weighted by molar-refractivity contribution is 6.33. The largest absolute Gasteiger partial charge is 0.490 e. The van der Waals surface area contributed by atoms with Crippen LogP contribution in [0.2, 0.25) is 10.0 Å². The van der Waals surface area contributed by atoms with Crippen LogP contribution in [0.4, 0.5) is 5.69 Å². The Kier molecular flexibility index (Phi) is 7.42. The molecule has 2 aromatic carbocycles. The molecular formula is C19H21Cl2NO4. The summed E-state index contributed by atoms with van der Waals surface area (Å²) >= 11 is 12.5. The number of hydrogen-bond donors (Lipinski definition) is 2. The van der Waals surface area contributed by atoms with Gasteiger partial charge in [-0.2, -0.15) is 0 Å². The minimum Gasteiger partial charge on any atom is -0.490 e. The summed E-state index contributed by atoms with van der Waals surface area (Å²) in [5.41, 5.74) is 1.46. The van der Waals surface area contributed by atoms with Crippen LogP contribution >= 0.6 is 23.2 Å². The van der Waals surface area contributed by atoms with E-state index in [1.54, 1.807) is 12.1 Å². The number of halogens is 2. The number of benzene rings is 2. The maximum Gasteiger partial charge on any atom is 0.335 e. The van der Waals surface area contributed by atoms with Crippen molar-refractivity contribution >= 4 is 34.9 Å². The van der Waals surface area contributed by atoms with Gasteiger partial charge in [-0.3, -0.25) is 0 Å². The fraction of sp³-hybridized carbons (Fsp3) is 0.316. The van der Waals surface area contributed by atoms with E-state index < -0.39 is 5.97 Å². The number of carbonyl (C=O) groups is 1. The zero-order valence-corrected chi connectivity index (χ0v) is 16.2. The summed E-state index contributed by atoms with van der Waals surface area (Å²) in [4.78, 5) is 11.1. The van der Waals surface area contributed by atoms with Crippen LogP contribution in [0.5, 0.6) is 11.5 Å². The van der Waals surface area contributed by atoms with Gasteiger partial charge in [-0.05, 0) is 43.2 Å². The summed E-state index contributed by atoms with van der Waals surface area (Å²) in [7, 11) is 0. The second-order valence-corrected chi connectivity index (χ2v) is 6.34. The molecule has 2 aromatic rings. The molecule has 0 saturated carbocycles. The van der Waals surface area contributed by atoms with Crippen LogP contribution in [-0.2, 0) is 6.54 Å². The van der Waals surface area contributed by atoms with E-state index in [1.165, 1.54) is 12.1 Å². The summed E-state index contributed by atoms with van der Waals surface area (Å²) < 4.78 is 11.3. The van der Waals surface area contributed by atoms with E-state index in [0.717, 1.165) is 12.0 Å². The molecule has 5 nitrogen and oxygen atoms in total. The van der Waals surface area contributed by atoms with Crippen molar-refractivity contribution in [3.8, 4) is 11.5 Å². The lowest BCUT2D eigenvalue weighted by atomic mass is 10.1. The third-order valence-electron chi connectivity index (χ3n) is 3.56. The average molecular weight is 398 g/mol. The maximum absolute atomic E-state index is 11.1. The first kappa shape index (κ1) is 20.2. The first-order valence-corrected chi connectivity index (χ1v) is 9.06. The fourth-order valence-electron chi connectivity index (χ4n) is 2.29. The predicted molar refractivity (Wildman–Crippen MR) is 104 cm³/mol. The third-order valence-corrected chi connectivity index (χ3v) is 4.24. The van der Waals surface area contributed by atoms with Crippen LogP contribution in [0.25, 0.3) is 0 Å². The molecular weight excluding hydrogens is 377 g/mol. The number of ether oxygens (including phenoxy) is 2. The lowest BCUT2D eigenvalue weighted by Gasteiger charge is -2.16. The van der Waals surface area contributed by atoms with E-state index in [1.807, 2.05) is 19.9 Å². The van der Waals surface area contributed by atoms with Crippen molar-refractivity contribution in [1.82, 2.24) is 0 Å². The van der Waals surface area contributed by atoms with Gasteiger partial charge in [0.1, 0.15) is 0 Å². The summed E-state index contributed by atoms with van der Waals surface area (Å²) in [6.45, 7) is 5.35. The van der Waals surface area contributed by atoms with Gasteiger partial charge in [-0.15, -0.1) is 0 Å². The molecule has 0 amide bonds. The zero-order chi connectivity index (χ0) is 19.1. The quantitative estimate of drug-likeness (QED) is 0.585. The van der Waals surface area contributed by atoms with Crippen molar-refractivity contribution in [1.29, 1.82) is 0 Å². The Morgan fingerprint density at radius 3 is 2.46 bits per heavy atom. The molecule has 0 aliphatic heterocycles. The second-order valence-electron chi connectivity index (χ2n) is 5.53. The van der Waals surface area contributed by atoms with Gasteiger partial charge in [0.2, 0.25) is 0 Å². The molecule has 0 fully saturated rings. The molecule has 0 bridgehead atoms. The minimum atomic E-state index is -1.01. The summed E-state index contributed by atoms with van der Waals surface area (Å²) in [6, 6.07) is 8.03. The van der Waals surface area contributed by atoms with Crippen LogP contribution < -0.4 is 14.8 Å². The average Bonchev–Trinajstić information content (AvgIpc) is 2.61. The molecule has 0 atom stereocenters. The van der Waals surface area contributed by atoms with Crippen LogP contribution in [0.1, 0.15) is 36.2 Å². The first-order valence-electron chi connectivity index (χ1n) is 8.31. The summed E-state index contributed by atoms with van der Waals surface area (Å²) in [6.07, 6.45) is 0.880. The van der Waals surface area contributed by atoms with Gasteiger partial charge in [-0.25, -0.2) is 4.79 Å². The number of anilines is 1. The van der Waals surface area contributed by atoms with Crippen LogP contribution in [0.3, 0.4) is 0 Å². The van der Waals surface area contributed by atoms with Crippen molar-refractivity contribution in [2.45, 2.75) is 26.8 Å². The van der Waals surface area contributed by atoms with E-state index in [4.69, 9.17) is 37.8 Å². The van der Waals surface area contributed by atoms with Gasteiger partial charge in [-0.1, -0.05) is 30.1 Å². The SMILES string of the molecule is CCCOc1cc(Cl)c(CNc2cc(C(=O)O)ccc2Cl)cc1OCC. The number of rotatable bonds is 9. The molecule has 7 heteroatoms. The summed E-state index contributed by atoms with van der Waals surface area (Å²) in [5, 5.41) is 13.2. The third kappa shape index (κ3) is 5.19. The molecule has 0 spiro atoms. The van der Waals surface area contributed by atoms with Gasteiger partial charge >= 0.3 is 5.97 Å². The second kappa shape index (κ2) is 9.55. The van der Waals surface area contributed by atoms with E-state index in [2.05, 4.69) is 5.32 Å². The molecule has 0 heterocycles. The highest BCUT2D eigenvalue weighted by Crippen LogP contribution is 2.34. The maximum atomic E-state index is 11.1. The molecule has 140 valence electrons. The van der Waals surface area contributed by atoms with Crippen LogP contribution in [0, 0.1) is 0 Å². The van der Waals surface area contributed by atoms with Gasteiger partial charge in [0, 0.05) is 17.6 Å². The van der Waals surface area contributed by atoms with Crippen molar-refractivity contribution in [2.24, 2.45) is 0 Å². The van der Waals surface area contributed by atoms with E-state index in [0.29, 0.717) is 47.0 Å². The molecule has 2 rings (SSSR count). The molecule has 0 unspecified atom stereocenters. The van der Waals surface area contributed by atoms with Gasteiger partial charge in [0.25, 0.3) is 0 Å². The standard InChI is InChI=1S/C19H21Cl2NO4/c1-3-7-26-18-10-15(21)13(9-17(18)25-4-2)11-22-16-8-12(19(23)24)5-6-14(16)20/h5-6,8-10,22H,3-4,7,11H2,1-2H3,(H,23,24). The molecule has 0 aliphatic rings. The normalized spacial score (nSPS) is 10.5. The van der Waals surface area contributed by atoms with Crippen molar-refractivity contribution < 1.29 is 19.4 Å². The van der Waals surface area contributed by atoms with Crippen LogP contribution in [-0.4, -0.2) is 24.3 Å². The first-order chi connectivity index (χ1) is 12.5. The number of hydrogen-bond acceptors (Lipinski definition) is 4. The van der Waals surface area contributed by atoms with Gasteiger partial charge in [0.15, 0.2) is 11.5 Å². The predicted octanol–water partition coefficient (Wildman–Crippen LogP) is 5.49. The van der Waals surface area contributed by atoms with E-state index in [9.17, 15) is 4.79 Å². The van der Waals surface area contributed by atoms with Gasteiger partial charge in [0.05, 0.1) is 29.5 Å². The minimum absolute atomic E-state index is 0.154. The van der Waals surface area contributed by atoms with E-state index in [-0.39, 0.29) is 5.56 Å². The topological polar surface area (TPSA) is 67.8 Å². The number of carboxylic acids is 1. The Hall–Kier alpha value is -2.11. The Morgan fingerprint density at radius 2 is 1.81 bits per heavy atom. The number of nitrogens with one attached hydrogen (secondary N) is 1. The van der Waals surface area contributed by atoms with Crippen molar-refractivity contribution in [3.05, 3.63) is 51.5 Å². The number of carboxylic acid groups (broad SMARTS) is 1. The van der Waals surface area contributed by atoms with Crippen molar-refractivity contribution in [2.75, 3.05) is 18.5 Å². The monoisotopic (exact) mass is 397 g/mol. The Morgan fingerprint density at radius 1 is 1.08 bits per heavy atom. The zero-order valence-electron chi connectivity index (χ0n) is 14.6. The molecule has 0 aromatic heterocycles. The van der Waals surface area contributed by atoms with Gasteiger partial charge < -0.3 is 19.9 Å². The lowest BCUT2D eigenvalue weighted by Crippen LogP contribution is -2.05. The smallest absolute Gasteiger partial charge is 0.335 e. The lowest BCUT2D eigenvalue weighted by molar-refractivity contribution is 0.0697. The highest BCUT2D eigenvalue weighted by Gasteiger charge is 2.12. The number of aromatic carboxylic acids is 1. The molecule has 0 saturated heterocycles. The molecule has 26 heavy (non-hydrogen) atoms. The van der Waals surface area contributed by atoms with Crippen molar-refractivity contribution in [3.63, 3.8) is 0 Å². The molecule has 0 radical (unpaired) electrons. The summed E-state index contributed by atoms with van der Waals surface area (Å²) in [5.74, 6) is 0.208. The Bertz CT molecular complexity index is 780. The highest BCUT2D eigenvalue weighted by atomic mass is 35.5. The molecule has 0 aliphatic carbocycles. The Labute approximate surface area is 162 Å².